The number of oxime groups is 1. The average molecular weight is 292 g/mol. The number of amidine groups is 1. The highest BCUT2D eigenvalue weighted by atomic mass is 19.1. The summed E-state index contributed by atoms with van der Waals surface area (Å²) in [5.41, 5.74) is 6.54. The summed E-state index contributed by atoms with van der Waals surface area (Å²) in [4.78, 5) is 4.85. The van der Waals surface area contributed by atoms with Gasteiger partial charge < -0.3 is 10.9 Å². The lowest BCUT2D eigenvalue weighted by molar-refractivity contribution is 0.0985. The minimum Gasteiger partial charge on any atom is -0.409 e. The summed E-state index contributed by atoms with van der Waals surface area (Å²) in [7, 11) is 0. The second-order valence-electron chi connectivity index (χ2n) is 5.86. The third-order valence-corrected chi connectivity index (χ3v) is 4.52. The maximum atomic E-state index is 14.1. The highest BCUT2D eigenvalue weighted by Gasteiger charge is 2.30. The highest BCUT2D eigenvalue weighted by molar-refractivity contribution is 5.97. The molecule has 2 fully saturated rings. The largest absolute Gasteiger partial charge is 0.409 e. The molecule has 114 valence electrons. The molecule has 2 aliphatic heterocycles. The van der Waals surface area contributed by atoms with Crippen molar-refractivity contribution >= 4 is 5.84 Å². The van der Waals surface area contributed by atoms with Gasteiger partial charge in [0.1, 0.15) is 5.82 Å². The second kappa shape index (κ2) is 5.99. The van der Waals surface area contributed by atoms with Crippen LogP contribution in [0.5, 0.6) is 0 Å². The molecule has 5 nitrogen and oxygen atoms in total. The lowest BCUT2D eigenvalue weighted by Crippen LogP contribution is -2.49. The molecule has 2 aliphatic rings. The number of piperazine rings is 1. The van der Waals surface area contributed by atoms with E-state index in [1.54, 1.807) is 12.1 Å². The van der Waals surface area contributed by atoms with Crippen LogP contribution >= 0.6 is 0 Å². The Bertz CT molecular complexity index is 548. The van der Waals surface area contributed by atoms with Crippen LogP contribution in [-0.4, -0.2) is 53.1 Å². The minimum absolute atomic E-state index is 0.0694. The molecular weight excluding hydrogens is 271 g/mol. The number of rotatable bonds is 3. The fraction of sp³-hybridized carbons (Fsp3) is 0.533. The number of nitrogens with zero attached hydrogens (tertiary/aromatic N) is 3. The molecule has 0 amide bonds. The first kappa shape index (κ1) is 14.3. The first-order chi connectivity index (χ1) is 10.2. The van der Waals surface area contributed by atoms with Crippen LogP contribution in [0.1, 0.15) is 24.0 Å². The van der Waals surface area contributed by atoms with Gasteiger partial charge in [0.15, 0.2) is 5.84 Å². The fourth-order valence-corrected chi connectivity index (χ4v) is 3.33. The molecule has 0 saturated carbocycles. The number of hydrogen-bond donors (Lipinski definition) is 2. The molecule has 1 atom stereocenters. The summed E-state index contributed by atoms with van der Waals surface area (Å²) in [6.45, 7) is 4.90. The van der Waals surface area contributed by atoms with E-state index in [0.29, 0.717) is 23.7 Å². The zero-order chi connectivity index (χ0) is 14.8. The molecule has 2 heterocycles. The Balaban J connectivity index is 1.67. The van der Waals surface area contributed by atoms with E-state index in [9.17, 15) is 4.39 Å². The first-order valence-electron chi connectivity index (χ1n) is 7.40. The number of benzene rings is 1. The molecule has 0 aromatic heterocycles. The van der Waals surface area contributed by atoms with E-state index in [4.69, 9.17) is 10.9 Å². The molecule has 1 aromatic carbocycles. The second-order valence-corrected chi connectivity index (χ2v) is 5.86. The van der Waals surface area contributed by atoms with Crippen LogP contribution in [0.3, 0.4) is 0 Å². The van der Waals surface area contributed by atoms with Crippen molar-refractivity contribution in [3.8, 4) is 0 Å². The Kier molecular flexibility index (Phi) is 4.07. The molecule has 2 saturated heterocycles. The van der Waals surface area contributed by atoms with Crippen LogP contribution in [0.2, 0.25) is 0 Å². The van der Waals surface area contributed by atoms with Gasteiger partial charge in [0.2, 0.25) is 0 Å². The van der Waals surface area contributed by atoms with Crippen molar-refractivity contribution in [1.82, 2.24) is 9.80 Å². The highest BCUT2D eigenvalue weighted by Crippen LogP contribution is 2.23. The summed E-state index contributed by atoms with van der Waals surface area (Å²) in [6.07, 6.45) is 2.53. The molecule has 3 rings (SSSR count). The summed E-state index contributed by atoms with van der Waals surface area (Å²) in [6, 6.07) is 5.39. The van der Waals surface area contributed by atoms with Gasteiger partial charge in [-0.25, -0.2) is 4.39 Å². The maximum Gasteiger partial charge on any atom is 0.170 e. The average Bonchev–Trinajstić information content (AvgIpc) is 2.96. The van der Waals surface area contributed by atoms with Crippen molar-refractivity contribution in [3.05, 3.63) is 35.1 Å². The van der Waals surface area contributed by atoms with Gasteiger partial charge in [0.05, 0.1) is 0 Å². The van der Waals surface area contributed by atoms with Gasteiger partial charge in [-0.05, 0) is 25.5 Å². The summed E-state index contributed by atoms with van der Waals surface area (Å²) in [5, 5.41) is 11.5. The number of hydrogen-bond acceptors (Lipinski definition) is 4. The third kappa shape index (κ3) is 3.01. The van der Waals surface area contributed by atoms with Crippen molar-refractivity contribution in [1.29, 1.82) is 0 Å². The predicted octanol–water partition coefficient (Wildman–Crippen LogP) is 1.20. The van der Waals surface area contributed by atoms with Gasteiger partial charge in [0, 0.05) is 43.3 Å². The first-order valence-corrected chi connectivity index (χ1v) is 7.40. The van der Waals surface area contributed by atoms with Crippen LogP contribution < -0.4 is 5.73 Å². The number of halogens is 1. The molecule has 3 N–H and O–H groups in total. The zero-order valence-electron chi connectivity index (χ0n) is 12.0. The molecule has 0 radical (unpaired) electrons. The smallest absolute Gasteiger partial charge is 0.170 e. The van der Waals surface area contributed by atoms with Crippen LogP contribution in [-0.2, 0) is 6.54 Å². The maximum absolute atomic E-state index is 14.1. The molecule has 0 spiro atoms. The zero-order valence-corrected chi connectivity index (χ0v) is 12.0. The summed E-state index contributed by atoms with van der Waals surface area (Å²) >= 11 is 0. The molecule has 21 heavy (non-hydrogen) atoms. The normalized spacial score (nSPS) is 24.2. The fourth-order valence-electron chi connectivity index (χ4n) is 3.33. The van der Waals surface area contributed by atoms with Crippen molar-refractivity contribution in [2.24, 2.45) is 10.9 Å². The Morgan fingerprint density at radius 3 is 3.00 bits per heavy atom. The van der Waals surface area contributed by atoms with Gasteiger partial charge in [-0.1, -0.05) is 17.3 Å². The van der Waals surface area contributed by atoms with Crippen LogP contribution in [0, 0.1) is 5.82 Å². The summed E-state index contributed by atoms with van der Waals surface area (Å²) in [5.74, 6) is -0.368. The Labute approximate surface area is 123 Å². The number of fused-ring (bicyclic) bond motifs is 1. The SMILES string of the molecule is N/C(=N/O)c1ccc(CN2CCN3CCCC3C2)c(F)c1. The molecule has 0 bridgehead atoms. The van der Waals surface area contributed by atoms with Crippen molar-refractivity contribution in [2.45, 2.75) is 25.4 Å². The van der Waals surface area contributed by atoms with Crippen LogP contribution in [0.15, 0.2) is 23.4 Å². The standard InChI is InChI=1S/C15H21FN4O/c16-14-8-11(15(17)18-21)3-4-12(14)9-19-6-7-20-5-1-2-13(20)10-19/h3-4,8,13,21H,1-2,5-7,9-10H2,(H2,17,18). The Morgan fingerprint density at radius 1 is 1.38 bits per heavy atom. The van der Waals surface area contributed by atoms with E-state index >= 15 is 0 Å². The van der Waals surface area contributed by atoms with Crippen molar-refractivity contribution in [3.63, 3.8) is 0 Å². The van der Waals surface area contributed by atoms with Crippen molar-refractivity contribution in [2.75, 3.05) is 26.2 Å². The Hall–Kier alpha value is -1.66. The quantitative estimate of drug-likeness (QED) is 0.380. The molecular formula is C15H21FN4O. The summed E-state index contributed by atoms with van der Waals surface area (Å²) < 4.78 is 14.1. The van der Waals surface area contributed by atoms with E-state index in [2.05, 4.69) is 15.0 Å². The third-order valence-electron chi connectivity index (χ3n) is 4.52. The van der Waals surface area contributed by atoms with Crippen LogP contribution in [0.4, 0.5) is 4.39 Å². The monoisotopic (exact) mass is 292 g/mol. The van der Waals surface area contributed by atoms with E-state index < -0.39 is 0 Å². The molecule has 6 heteroatoms. The van der Waals surface area contributed by atoms with E-state index in [-0.39, 0.29) is 11.7 Å². The lowest BCUT2D eigenvalue weighted by Gasteiger charge is -2.37. The lowest BCUT2D eigenvalue weighted by atomic mass is 10.1. The number of nitrogens with two attached hydrogens (primary N) is 1. The van der Waals surface area contributed by atoms with Crippen molar-refractivity contribution < 1.29 is 9.60 Å². The van der Waals surface area contributed by atoms with Gasteiger partial charge in [-0.3, -0.25) is 9.80 Å². The van der Waals surface area contributed by atoms with Gasteiger partial charge in [-0.15, -0.1) is 0 Å². The predicted molar refractivity (Wildman–Crippen MR) is 78.8 cm³/mol. The van der Waals surface area contributed by atoms with Gasteiger partial charge >= 0.3 is 0 Å². The topological polar surface area (TPSA) is 65.1 Å². The van der Waals surface area contributed by atoms with E-state index in [1.165, 1.54) is 25.5 Å². The minimum atomic E-state index is -0.298. The van der Waals surface area contributed by atoms with Crippen LogP contribution in [0.25, 0.3) is 0 Å². The molecule has 0 aliphatic carbocycles. The van der Waals surface area contributed by atoms with E-state index in [1.807, 2.05) is 0 Å². The van der Waals surface area contributed by atoms with Gasteiger partial charge in [0.25, 0.3) is 0 Å². The molecule has 1 aromatic rings. The van der Waals surface area contributed by atoms with E-state index in [0.717, 1.165) is 19.6 Å². The van der Waals surface area contributed by atoms with Gasteiger partial charge in [-0.2, -0.15) is 0 Å². The Morgan fingerprint density at radius 2 is 2.24 bits per heavy atom. The molecule has 1 unspecified atom stereocenters.